The van der Waals surface area contributed by atoms with Crippen molar-refractivity contribution in [3.8, 4) is 5.75 Å². The fourth-order valence-corrected chi connectivity index (χ4v) is 4.67. The lowest BCUT2D eigenvalue weighted by Gasteiger charge is -2.19. The Bertz CT molecular complexity index is 967. The highest BCUT2D eigenvalue weighted by molar-refractivity contribution is 7.94. The molecule has 2 aromatic rings. The van der Waals surface area contributed by atoms with Gasteiger partial charge in [0.25, 0.3) is 15.9 Å². The highest BCUT2D eigenvalue weighted by atomic mass is 32.2. The first kappa shape index (κ1) is 24.5. The van der Waals surface area contributed by atoms with Crippen LogP contribution in [0.2, 0.25) is 0 Å². The van der Waals surface area contributed by atoms with Gasteiger partial charge in [0.05, 0.1) is 5.69 Å². The molecule has 0 saturated carbocycles. The van der Waals surface area contributed by atoms with Gasteiger partial charge in [-0.05, 0) is 56.5 Å². The van der Waals surface area contributed by atoms with E-state index in [0.717, 1.165) is 11.3 Å². The minimum atomic E-state index is -3.61. The van der Waals surface area contributed by atoms with Crippen LogP contribution in [-0.2, 0) is 19.6 Å². The van der Waals surface area contributed by atoms with E-state index in [9.17, 15) is 18.0 Å². The van der Waals surface area contributed by atoms with Gasteiger partial charge in [0.2, 0.25) is 0 Å². The number of amides is 2. The third-order valence-corrected chi connectivity index (χ3v) is 6.95. The van der Waals surface area contributed by atoms with Gasteiger partial charge in [-0.2, -0.15) is 0 Å². The normalized spacial score (nSPS) is 11.5. The van der Waals surface area contributed by atoms with Crippen LogP contribution in [0.3, 0.4) is 0 Å². The first-order valence-electron chi connectivity index (χ1n) is 9.48. The van der Waals surface area contributed by atoms with E-state index < -0.39 is 21.7 Å². The number of carbonyl (C=O) groups is 2. The molecule has 0 saturated heterocycles. The molecule has 31 heavy (non-hydrogen) atoms. The maximum atomic E-state index is 12.5. The topological polar surface area (TPSA) is 114 Å². The van der Waals surface area contributed by atoms with Crippen LogP contribution in [0.5, 0.6) is 5.75 Å². The number of alkyl carbamates (subject to hydrolysis) is 1. The second kappa shape index (κ2) is 10.5. The average Bonchev–Trinajstić information content (AvgIpc) is 3.24. The van der Waals surface area contributed by atoms with E-state index in [-0.39, 0.29) is 29.8 Å². The molecule has 0 spiro atoms. The van der Waals surface area contributed by atoms with Crippen molar-refractivity contribution in [3.63, 3.8) is 0 Å². The molecule has 170 valence electrons. The molecule has 0 bridgehead atoms. The van der Waals surface area contributed by atoms with Gasteiger partial charge < -0.3 is 20.1 Å². The Balaban J connectivity index is 1.75. The van der Waals surface area contributed by atoms with Gasteiger partial charge in [0.1, 0.15) is 15.6 Å². The number of carbonyl (C=O) groups excluding carboxylic acids is 2. The van der Waals surface area contributed by atoms with Crippen molar-refractivity contribution in [3.05, 3.63) is 41.8 Å². The molecule has 0 radical (unpaired) electrons. The first-order valence-corrected chi connectivity index (χ1v) is 11.8. The van der Waals surface area contributed by atoms with E-state index in [1.54, 1.807) is 62.5 Å². The Morgan fingerprint density at radius 3 is 2.29 bits per heavy atom. The molecule has 0 aliphatic rings. The summed E-state index contributed by atoms with van der Waals surface area (Å²) in [6.07, 6.45) is -0.552. The molecule has 11 heteroatoms. The highest BCUT2D eigenvalue weighted by Gasteiger charge is 2.22. The van der Waals surface area contributed by atoms with Gasteiger partial charge in [0, 0.05) is 20.1 Å². The molecule has 0 aliphatic heterocycles. The zero-order valence-electron chi connectivity index (χ0n) is 17.9. The van der Waals surface area contributed by atoms with Gasteiger partial charge in [0.15, 0.2) is 6.61 Å². The largest absolute Gasteiger partial charge is 0.484 e. The number of ether oxygens (including phenoxy) is 2. The summed E-state index contributed by atoms with van der Waals surface area (Å²) in [5.41, 5.74) is -0.113. The standard InChI is InChI=1S/C20H27N3O6S2/c1-20(2,3)29-19(25)22-12-11-21-17(24)14-28-16-9-7-15(8-10-16)23(4)31(26,27)18-6-5-13-30-18/h5-10,13H,11-12,14H2,1-4H3,(H,21,24)(H,22,25). The van der Waals surface area contributed by atoms with E-state index in [2.05, 4.69) is 10.6 Å². The minimum Gasteiger partial charge on any atom is -0.484 e. The number of rotatable bonds is 9. The third-order valence-electron chi connectivity index (χ3n) is 3.80. The van der Waals surface area contributed by atoms with Crippen molar-refractivity contribution in [2.75, 3.05) is 31.0 Å². The van der Waals surface area contributed by atoms with E-state index in [1.807, 2.05) is 0 Å². The summed E-state index contributed by atoms with van der Waals surface area (Å²) in [5.74, 6) is 0.0696. The molecule has 0 unspecified atom stereocenters. The average molecular weight is 470 g/mol. The number of anilines is 1. The predicted octanol–water partition coefficient (Wildman–Crippen LogP) is 2.59. The fourth-order valence-electron chi connectivity index (χ4n) is 2.32. The van der Waals surface area contributed by atoms with Crippen molar-refractivity contribution in [2.24, 2.45) is 0 Å². The Morgan fingerprint density at radius 1 is 1.06 bits per heavy atom. The van der Waals surface area contributed by atoms with Crippen LogP contribution in [0.1, 0.15) is 20.8 Å². The van der Waals surface area contributed by atoms with Crippen molar-refractivity contribution in [2.45, 2.75) is 30.6 Å². The second-order valence-electron chi connectivity index (χ2n) is 7.47. The van der Waals surface area contributed by atoms with Crippen molar-refractivity contribution in [1.29, 1.82) is 0 Å². The van der Waals surface area contributed by atoms with Gasteiger partial charge in [-0.15, -0.1) is 11.3 Å². The molecule has 2 N–H and O–H groups in total. The van der Waals surface area contributed by atoms with E-state index in [0.29, 0.717) is 11.4 Å². The summed E-state index contributed by atoms with van der Waals surface area (Å²) >= 11 is 1.15. The van der Waals surface area contributed by atoms with Crippen LogP contribution in [0.4, 0.5) is 10.5 Å². The van der Waals surface area contributed by atoms with E-state index in [1.165, 1.54) is 11.4 Å². The number of thiophene rings is 1. The molecule has 1 heterocycles. The molecular formula is C20H27N3O6S2. The van der Waals surface area contributed by atoms with Gasteiger partial charge in [-0.3, -0.25) is 9.10 Å². The summed E-state index contributed by atoms with van der Waals surface area (Å²) in [4.78, 5) is 23.4. The number of benzene rings is 1. The first-order chi connectivity index (χ1) is 14.5. The lowest BCUT2D eigenvalue weighted by atomic mass is 10.2. The molecule has 0 aliphatic carbocycles. The predicted molar refractivity (Wildman–Crippen MR) is 119 cm³/mol. The van der Waals surface area contributed by atoms with Gasteiger partial charge >= 0.3 is 6.09 Å². The Labute approximate surface area is 186 Å². The molecular weight excluding hydrogens is 442 g/mol. The van der Waals surface area contributed by atoms with Gasteiger partial charge in [-0.1, -0.05) is 6.07 Å². The third kappa shape index (κ3) is 7.76. The van der Waals surface area contributed by atoms with Crippen LogP contribution in [0, 0.1) is 0 Å². The number of nitrogens with one attached hydrogen (secondary N) is 2. The summed E-state index contributed by atoms with van der Waals surface area (Å²) in [7, 11) is -2.13. The van der Waals surface area contributed by atoms with E-state index in [4.69, 9.17) is 9.47 Å². The van der Waals surface area contributed by atoms with Crippen molar-refractivity contribution < 1.29 is 27.5 Å². The zero-order chi connectivity index (χ0) is 23.1. The Kier molecular flexibility index (Phi) is 8.28. The van der Waals surface area contributed by atoms with Crippen molar-refractivity contribution in [1.82, 2.24) is 10.6 Å². The summed E-state index contributed by atoms with van der Waals surface area (Å²) in [5, 5.41) is 6.86. The number of hydrogen-bond acceptors (Lipinski definition) is 7. The minimum absolute atomic E-state index is 0.213. The second-order valence-corrected chi connectivity index (χ2v) is 10.6. The zero-order valence-corrected chi connectivity index (χ0v) is 19.5. The molecule has 2 amide bonds. The maximum absolute atomic E-state index is 12.5. The smallest absolute Gasteiger partial charge is 0.407 e. The molecule has 1 aromatic carbocycles. The molecule has 0 atom stereocenters. The SMILES string of the molecule is CN(c1ccc(OCC(=O)NCCNC(=O)OC(C)(C)C)cc1)S(=O)(=O)c1cccs1. The molecule has 1 aromatic heterocycles. The van der Waals surface area contributed by atoms with Crippen LogP contribution in [-0.4, -0.2) is 52.8 Å². The number of nitrogens with zero attached hydrogens (tertiary/aromatic N) is 1. The van der Waals surface area contributed by atoms with Crippen molar-refractivity contribution >= 4 is 39.0 Å². The van der Waals surface area contributed by atoms with Crippen LogP contribution in [0.15, 0.2) is 46.0 Å². The van der Waals surface area contributed by atoms with Crippen LogP contribution in [0.25, 0.3) is 0 Å². The molecule has 0 fully saturated rings. The summed E-state index contributed by atoms with van der Waals surface area (Å²) in [6, 6.07) is 9.61. The molecule has 9 nitrogen and oxygen atoms in total. The quantitative estimate of drug-likeness (QED) is 0.546. The maximum Gasteiger partial charge on any atom is 0.407 e. The fraction of sp³-hybridized carbons (Fsp3) is 0.400. The lowest BCUT2D eigenvalue weighted by molar-refractivity contribution is -0.123. The van der Waals surface area contributed by atoms with Gasteiger partial charge in [-0.25, -0.2) is 13.2 Å². The van der Waals surface area contributed by atoms with Crippen LogP contribution < -0.4 is 19.7 Å². The number of sulfonamides is 1. The van der Waals surface area contributed by atoms with Crippen LogP contribution >= 0.6 is 11.3 Å². The Hall–Kier alpha value is -2.79. The highest BCUT2D eigenvalue weighted by Crippen LogP contribution is 2.26. The monoisotopic (exact) mass is 469 g/mol. The van der Waals surface area contributed by atoms with E-state index >= 15 is 0 Å². The Morgan fingerprint density at radius 2 is 1.71 bits per heavy atom. The molecule has 2 rings (SSSR count). The summed E-state index contributed by atoms with van der Waals surface area (Å²) < 4.78 is 37.0. The summed E-state index contributed by atoms with van der Waals surface area (Å²) in [6.45, 7) is 5.53. The number of hydrogen-bond donors (Lipinski definition) is 2. The lowest BCUT2D eigenvalue weighted by Crippen LogP contribution is -2.39.